The van der Waals surface area contributed by atoms with Crippen LogP contribution in [0.4, 0.5) is 0 Å². The quantitative estimate of drug-likeness (QED) is 0.852. The number of amides is 1. The number of hydrogen-bond acceptors (Lipinski definition) is 3. The number of benzene rings is 1. The van der Waals surface area contributed by atoms with Crippen molar-refractivity contribution in [1.29, 1.82) is 0 Å². The first-order valence-corrected chi connectivity index (χ1v) is 10.2. The van der Waals surface area contributed by atoms with Gasteiger partial charge in [0, 0.05) is 38.8 Å². The highest BCUT2D eigenvalue weighted by atomic mass is 16.2. The summed E-state index contributed by atoms with van der Waals surface area (Å²) in [5.41, 5.74) is 1.25. The van der Waals surface area contributed by atoms with Crippen molar-refractivity contribution in [2.24, 2.45) is 5.92 Å². The molecule has 4 heteroatoms. The molecule has 0 aromatic heterocycles. The number of nitrogens with zero attached hydrogens (tertiary/aromatic N) is 2. The predicted molar refractivity (Wildman–Crippen MR) is 108 cm³/mol. The molecule has 26 heavy (non-hydrogen) atoms. The molecule has 2 fully saturated rings. The summed E-state index contributed by atoms with van der Waals surface area (Å²) in [5.74, 6) is 0.835. The smallest absolute Gasteiger partial charge is 0.234 e. The molecule has 3 rings (SSSR count). The molecule has 142 valence electrons. The average molecular weight is 356 g/mol. The van der Waals surface area contributed by atoms with Crippen LogP contribution in [0.5, 0.6) is 0 Å². The molecule has 1 aliphatic heterocycles. The molecule has 4 nitrogen and oxygen atoms in total. The minimum Gasteiger partial charge on any atom is -0.352 e. The lowest BCUT2D eigenvalue weighted by Gasteiger charge is -2.35. The van der Waals surface area contributed by atoms with Gasteiger partial charge in [-0.15, -0.1) is 0 Å². The predicted octanol–water partition coefficient (Wildman–Crippen LogP) is 3.01. The zero-order chi connectivity index (χ0) is 18.2. The molecule has 1 aliphatic carbocycles. The van der Waals surface area contributed by atoms with Crippen LogP contribution in [0.25, 0.3) is 6.08 Å². The Labute approximate surface area is 158 Å². The van der Waals surface area contributed by atoms with Gasteiger partial charge in [0.1, 0.15) is 0 Å². The summed E-state index contributed by atoms with van der Waals surface area (Å²) >= 11 is 0. The largest absolute Gasteiger partial charge is 0.352 e. The van der Waals surface area contributed by atoms with Crippen LogP contribution in [0.2, 0.25) is 0 Å². The molecule has 1 aromatic carbocycles. The number of carbonyl (C=O) groups excluding carboxylic acids is 1. The molecular weight excluding hydrogens is 322 g/mol. The number of carbonyl (C=O) groups is 1. The number of rotatable bonds is 6. The van der Waals surface area contributed by atoms with Crippen molar-refractivity contribution >= 4 is 12.0 Å². The van der Waals surface area contributed by atoms with E-state index in [1.54, 1.807) is 0 Å². The second kappa shape index (κ2) is 9.89. The molecular formula is C22H33N3O. The fraction of sp³-hybridized carbons (Fsp3) is 0.591. The van der Waals surface area contributed by atoms with E-state index in [1.165, 1.54) is 24.8 Å². The van der Waals surface area contributed by atoms with Crippen LogP contribution in [-0.2, 0) is 4.79 Å². The van der Waals surface area contributed by atoms with Crippen LogP contribution in [0.15, 0.2) is 36.4 Å². The zero-order valence-electron chi connectivity index (χ0n) is 16.1. The van der Waals surface area contributed by atoms with Gasteiger partial charge in [0.15, 0.2) is 0 Å². The Kier molecular flexibility index (Phi) is 7.27. The minimum atomic E-state index is 0.209. The van der Waals surface area contributed by atoms with Gasteiger partial charge in [-0.05, 0) is 24.3 Å². The Bertz CT molecular complexity index is 578. The van der Waals surface area contributed by atoms with Gasteiger partial charge in [-0.2, -0.15) is 0 Å². The molecule has 2 atom stereocenters. The molecule has 1 saturated carbocycles. The Hall–Kier alpha value is -1.65. The van der Waals surface area contributed by atoms with Crippen LogP contribution in [0, 0.1) is 5.92 Å². The van der Waals surface area contributed by atoms with E-state index in [4.69, 9.17) is 0 Å². The van der Waals surface area contributed by atoms with Gasteiger partial charge in [0.05, 0.1) is 6.54 Å². The number of nitrogens with one attached hydrogen (secondary N) is 1. The third-order valence-corrected chi connectivity index (χ3v) is 5.76. The molecule has 0 radical (unpaired) electrons. The average Bonchev–Trinajstić information content (AvgIpc) is 2.66. The highest BCUT2D eigenvalue weighted by Gasteiger charge is 2.24. The maximum absolute atomic E-state index is 12.4. The van der Waals surface area contributed by atoms with Crippen LogP contribution in [-0.4, -0.2) is 61.0 Å². The Morgan fingerprint density at radius 1 is 1.08 bits per heavy atom. The first kappa shape index (κ1) is 19.1. The standard InChI is InChI=1S/C22H33N3O/c1-19-8-5-6-12-21(19)23-22(26)18-25-16-14-24(15-17-25)13-7-11-20-9-3-2-4-10-20/h2-4,7,9-11,19,21H,5-6,8,12-18H2,1H3,(H,23,26)/b11-7+/t19-,21-/m1/s1. The molecule has 1 saturated heterocycles. The monoisotopic (exact) mass is 355 g/mol. The molecule has 0 spiro atoms. The maximum atomic E-state index is 12.4. The van der Waals surface area contributed by atoms with Crippen LogP contribution < -0.4 is 5.32 Å². The third kappa shape index (κ3) is 5.96. The maximum Gasteiger partial charge on any atom is 0.234 e. The van der Waals surface area contributed by atoms with Gasteiger partial charge in [0.25, 0.3) is 0 Å². The summed E-state index contributed by atoms with van der Waals surface area (Å²) in [5, 5.41) is 3.27. The fourth-order valence-corrected chi connectivity index (χ4v) is 4.02. The van der Waals surface area contributed by atoms with Crippen molar-refractivity contribution in [2.45, 2.75) is 38.6 Å². The summed E-state index contributed by atoms with van der Waals surface area (Å²) in [6, 6.07) is 10.8. The van der Waals surface area contributed by atoms with Gasteiger partial charge in [-0.1, -0.05) is 62.2 Å². The van der Waals surface area contributed by atoms with Crippen molar-refractivity contribution in [1.82, 2.24) is 15.1 Å². The van der Waals surface area contributed by atoms with Gasteiger partial charge in [-0.25, -0.2) is 0 Å². The van der Waals surface area contributed by atoms with Crippen molar-refractivity contribution in [2.75, 3.05) is 39.3 Å². The number of hydrogen-bond donors (Lipinski definition) is 1. The highest BCUT2D eigenvalue weighted by Crippen LogP contribution is 2.23. The van der Waals surface area contributed by atoms with E-state index in [9.17, 15) is 4.79 Å². The van der Waals surface area contributed by atoms with E-state index in [2.05, 4.69) is 58.5 Å². The van der Waals surface area contributed by atoms with Gasteiger partial charge in [0.2, 0.25) is 5.91 Å². The molecule has 2 aliphatic rings. The lowest BCUT2D eigenvalue weighted by Crippen LogP contribution is -2.51. The summed E-state index contributed by atoms with van der Waals surface area (Å²) in [7, 11) is 0. The van der Waals surface area contributed by atoms with Gasteiger partial charge >= 0.3 is 0 Å². The number of piperazine rings is 1. The van der Waals surface area contributed by atoms with E-state index in [0.29, 0.717) is 18.5 Å². The molecule has 1 heterocycles. The van der Waals surface area contributed by atoms with Gasteiger partial charge in [-0.3, -0.25) is 14.6 Å². The third-order valence-electron chi connectivity index (χ3n) is 5.76. The van der Waals surface area contributed by atoms with Gasteiger partial charge < -0.3 is 5.32 Å². The highest BCUT2D eigenvalue weighted by molar-refractivity contribution is 5.78. The van der Waals surface area contributed by atoms with E-state index in [0.717, 1.165) is 39.1 Å². The summed E-state index contributed by atoms with van der Waals surface area (Å²) in [6.45, 7) is 7.83. The zero-order valence-corrected chi connectivity index (χ0v) is 16.1. The Morgan fingerprint density at radius 3 is 2.50 bits per heavy atom. The second-order valence-electron chi connectivity index (χ2n) is 7.83. The van der Waals surface area contributed by atoms with E-state index >= 15 is 0 Å². The lowest BCUT2D eigenvalue weighted by atomic mass is 9.86. The summed E-state index contributed by atoms with van der Waals surface area (Å²) in [6.07, 6.45) is 9.39. The topological polar surface area (TPSA) is 35.6 Å². The minimum absolute atomic E-state index is 0.209. The first-order valence-electron chi connectivity index (χ1n) is 10.2. The van der Waals surface area contributed by atoms with Crippen molar-refractivity contribution < 1.29 is 4.79 Å². The lowest BCUT2D eigenvalue weighted by molar-refractivity contribution is -0.123. The molecule has 1 aromatic rings. The first-order chi connectivity index (χ1) is 12.7. The van der Waals surface area contributed by atoms with Crippen LogP contribution in [0.1, 0.15) is 38.2 Å². The van der Waals surface area contributed by atoms with Crippen molar-refractivity contribution in [3.05, 3.63) is 42.0 Å². The molecule has 1 N–H and O–H groups in total. The summed E-state index contributed by atoms with van der Waals surface area (Å²) < 4.78 is 0. The molecule has 0 unspecified atom stereocenters. The van der Waals surface area contributed by atoms with E-state index < -0.39 is 0 Å². The van der Waals surface area contributed by atoms with Crippen molar-refractivity contribution in [3.63, 3.8) is 0 Å². The Morgan fingerprint density at radius 2 is 1.77 bits per heavy atom. The molecule has 0 bridgehead atoms. The Balaban J connectivity index is 1.34. The second-order valence-corrected chi connectivity index (χ2v) is 7.83. The SMILES string of the molecule is C[C@@H]1CCCC[C@H]1NC(=O)CN1CCN(C/C=C/c2ccccc2)CC1. The van der Waals surface area contributed by atoms with E-state index in [-0.39, 0.29) is 5.91 Å². The normalized spacial score (nSPS) is 25.4. The molecule has 1 amide bonds. The van der Waals surface area contributed by atoms with E-state index in [1.807, 2.05) is 6.07 Å². The van der Waals surface area contributed by atoms with Crippen molar-refractivity contribution in [3.8, 4) is 0 Å². The summed E-state index contributed by atoms with van der Waals surface area (Å²) in [4.78, 5) is 17.1. The van der Waals surface area contributed by atoms with Crippen LogP contribution in [0.3, 0.4) is 0 Å². The fourth-order valence-electron chi connectivity index (χ4n) is 4.02. The van der Waals surface area contributed by atoms with Crippen LogP contribution >= 0.6 is 0 Å².